The standard InChI is InChI=1S/C37H58O8S/c1-8-22(4)34(43)45-19-36(7)28-11-9-25(26(13-14-46)27(28)10-12-29(36)38)23-16-24-18-35(5,6)32(41)33(42)37(24,30(39)17-23)20-44-31(40)15-21(2)3/h8,14-15,23-30,32-33,38-39,41-42H,9-13,16-20H2,1-7H3/b22-8+/t23?,24?,25?,26?,27?,28?,29?,30-,32?,33+,36-,37?/m1/s1. The SMILES string of the molecule is C/C=C(\C)C(=O)OC[C@@]1(C)C(O)CCC2C(CC=S)C(C3CC4CC(C)(C)C(O)[C@H](O)C4(COC(=O)C=C(C)C)[C@H](O)C3)CCC21. The third-order valence-electron chi connectivity index (χ3n) is 12.8. The first-order chi connectivity index (χ1) is 21.5. The van der Waals surface area contributed by atoms with Gasteiger partial charge in [0.25, 0.3) is 0 Å². The first kappa shape index (κ1) is 37.2. The topological polar surface area (TPSA) is 134 Å². The minimum absolute atomic E-state index is 0.150. The number of hydrogen-bond acceptors (Lipinski definition) is 9. The molecule has 0 amide bonds. The molecule has 0 aromatic carbocycles. The van der Waals surface area contributed by atoms with Gasteiger partial charge < -0.3 is 29.9 Å². The number of carbonyl (C=O) groups is 2. The van der Waals surface area contributed by atoms with Crippen LogP contribution in [0, 0.1) is 51.8 Å². The van der Waals surface area contributed by atoms with Gasteiger partial charge in [-0.15, -0.1) is 0 Å². The molecule has 260 valence electrons. The Morgan fingerprint density at radius 3 is 2.17 bits per heavy atom. The van der Waals surface area contributed by atoms with Crippen molar-refractivity contribution in [3.05, 3.63) is 23.3 Å². The Morgan fingerprint density at radius 2 is 1.54 bits per heavy atom. The van der Waals surface area contributed by atoms with Gasteiger partial charge in [0.15, 0.2) is 0 Å². The van der Waals surface area contributed by atoms with E-state index in [1.807, 2.05) is 40.0 Å². The highest BCUT2D eigenvalue weighted by Crippen LogP contribution is 2.62. The molecular formula is C37H58O8S. The van der Waals surface area contributed by atoms with Crippen LogP contribution in [0.2, 0.25) is 0 Å². The second kappa shape index (κ2) is 14.5. The van der Waals surface area contributed by atoms with Crippen LogP contribution in [0.25, 0.3) is 0 Å². The number of aliphatic hydroxyl groups is 4. The quantitative estimate of drug-likeness (QED) is 0.147. The number of carbonyl (C=O) groups excluding carboxylic acids is 2. The van der Waals surface area contributed by atoms with E-state index < -0.39 is 46.6 Å². The molecule has 4 N–H and O–H groups in total. The maximum Gasteiger partial charge on any atom is 0.333 e. The van der Waals surface area contributed by atoms with Crippen LogP contribution in [-0.2, 0) is 19.1 Å². The molecule has 4 fully saturated rings. The number of rotatable bonds is 9. The lowest BCUT2D eigenvalue weighted by Gasteiger charge is -2.61. The number of hydrogen-bond donors (Lipinski definition) is 4. The number of allylic oxidation sites excluding steroid dienone is 2. The largest absolute Gasteiger partial charge is 0.462 e. The van der Waals surface area contributed by atoms with Crippen molar-refractivity contribution in [1.29, 1.82) is 0 Å². The molecule has 4 aliphatic carbocycles. The highest BCUT2D eigenvalue weighted by atomic mass is 32.1. The molecule has 0 bridgehead atoms. The van der Waals surface area contributed by atoms with Crippen molar-refractivity contribution < 1.29 is 39.5 Å². The van der Waals surface area contributed by atoms with Gasteiger partial charge in [0.05, 0.1) is 36.4 Å². The maximum atomic E-state index is 12.6. The highest BCUT2D eigenvalue weighted by Gasteiger charge is 2.64. The van der Waals surface area contributed by atoms with Crippen LogP contribution in [0.15, 0.2) is 23.3 Å². The van der Waals surface area contributed by atoms with Gasteiger partial charge in [-0.2, -0.15) is 0 Å². The molecule has 0 saturated heterocycles. The minimum atomic E-state index is -1.24. The van der Waals surface area contributed by atoms with Gasteiger partial charge in [-0.05, 0) is 125 Å². The number of fused-ring (bicyclic) bond motifs is 2. The molecular weight excluding hydrogens is 604 g/mol. The lowest BCUT2D eigenvalue weighted by Crippen LogP contribution is -2.67. The van der Waals surface area contributed by atoms with E-state index in [4.69, 9.17) is 21.7 Å². The molecule has 46 heavy (non-hydrogen) atoms. The molecule has 0 radical (unpaired) electrons. The number of thiocarbonyl (C=S) groups is 1. The Labute approximate surface area is 281 Å². The molecule has 4 saturated carbocycles. The van der Waals surface area contributed by atoms with Crippen LogP contribution in [0.1, 0.15) is 99.8 Å². The fourth-order valence-corrected chi connectivity index (χ4v) is 10.3. The molecule has 12 atom stereocenters. The minimum Gasteiger partial charge on any atom is -0.462 e. The smallest absolute Gasteiger partial charge is 0.333 e. The summed E-state index contributed by atoms with van der Waals surface area (Å²) in [6.07, 6.45) is 5.13. The van der Waals surface area contributed by atoms with E-state index in [2.05, 4.69) is 6.92 Å². The number of aliphatic hydroxyl groups excluding tert-OH is 4. The van der Waals surface area contributed by atoms with Crippen molar-refractivity contribution in [3.63, 3.8) is 0 Å². The van der Waals surface area contributed by atoms with Crippen molar-refractivity contribution in [2.45, 2.75) is 124 Å². The summed E-state index contributed by atoms with van der Waals surface area (Å²) in [7, 11) is 0. The van der Waals surface area contributed by atoms with Gasteiger partial charge in [-0.25, -0.2) is 9.59 Å². The Bertz CT molecular complexity index is 1190. The van der Waals surface area contributed by atoms with Gasteiger partial charge in [0.1, 0.15) is 6.61 Å². The normalized spacial score (nSPS) is 42.2. The fraction of sp³-hybridized carbons (Fsp3) is 0.811. The Balaban J connectivity index is 1.60. The molecule has 0 spiro atoms. The van der Waals surface area contributed by atoms with Crippen LogP contribution in [0.3, 0.4) is 0 Å². The van der Waals surface area contributed by atoms with Gasteiger partial charge in [-0.3, -0.25) is 0 Å². The lowest BCUT2D eigenvalue weighted by atomic mass is 9.46. The van der Waals surface area contributed by atoms with Gasteiger partial charge in [0, 0.05) is 17.1 Å². The molecule has 0 aliphatic heterocycles. The molecule has 9 unspecified atom stereocenters. The van der Waals surface area contributed by atoms with E-state index in [1.54, 1.807) is 13.0 Å². The molecule has 0 heterocycles. The Kier molecular flexibility index (Phi) is 11.7. The van der Waals surface area contributed by atoms with E-state index in [0.29, 0.717) is 24.8 Å². The number of ether oxygens (including phenoxy) is 2. The average molecular weight is 663 g/mol. The van der Waals surface area contributed by atoms with Gasteiger partial charge in [0.2, 0.25) is 0 Å². The van der Waals surface area contributed by atoms with Crippen molar-refractivity contribution in [2.24, 2.45) is 51.8 Å². The van der Waals surface area contributed by atoms with Gasteiger partial charge >= 0.3 is 11.9 Å². The zero-order chi connectivity index (χ0) is 34.2. The average Bonchev–Trinajstić information content (AvgIpc) is 2.99. The second-order valence-electron chi connectivity index (χ2n) is 16.2. The molecule has 4 aliphatic rings. The van der Waals surface area contributed by atoms with Crippen LogP contribution in [0.5, 0.6) is 0 Å². The van der Waals surface area contributed by atoms with E-state index in [1.165, 1.54) is 6.08 Å². The summed E-state index contributed by atoms with van der Waals surface area (Å²) < 4.78 is 11.5. The summed E-state index contributed by atoms with van der Waals surface area (Å²) in [6, 6.07) is 0. The summed E-state index contributed by atoms with van der Waals surface area (Å²) in [6.45, 7) is 13.1. The fourth-order valence-electron chi connectivity index (χ4n) is 10.1. The van der Waals surface area contributed by atoms with E-state index >= 15 is 0 Å². The molecule has 9 heteroatoms. The van der Waals surface area contributed by atoms with Crippen molar-refractivity contribution >= 4 is 29.5 Å². The van der Waals surface area contributed by atoms with E-state index in [9.17, 15) is 30.0 Å². The van der Waals surface area contributed by atoms with E-state index in [0.717, 1.165) is 37.7 Å². The summed E-state index contributed by atoms with van der Waals surface area (Å²) in [5.41, 5.74) is -0.951. The van der Waals surface area contributed by atoms with Gasteiger partial charge in [-0.1, -0.05) is 44.6 Å². The second-order valence-corrected chi connectivity index (χ2v) is 16.5. The van der Waals surface area contributed by atoms with Crippen LogP contribution >= 0.6 is 12.2 Å². The Morgan fingerprint density at radius 1 is 0.870 bits per heavy atom. The van der Waals surface area contributed by atoms with Crippen LogP contribution in [0.4, 0.5) is 0 Å². The Hall–Kier alpha value is -1.65. The molecule has 4 rings (SSSR count). The highest BCUT2D eigenvalue weighted by molar-refractivity contribution is 7.78. The maximum absolute atomic E-state index is 12.6. The monoisotopic (exact) mass is 662 g/mol. The number of esters is 2. The van der Waals surface area contributed by atoms with Crippen LogP contribution in [-0.4, -0.2) is 75.4 Å². The third kappa shape index (κ3) is 6.91. The predicted octanol–water partition coefficient (Wildman–Crippen LogP) is 5.34. The zero-order valence-electron chi connectivity index (χ0n) is 28.9. The molecule has 0 aromatic rings. The summed E-state index contributed by atoms with van der Waals surface area (Å²) in [4.78, 5) is 25.1. The van der Waals surface area contributed by atoms with E-state index in [-0.39, 0.29) is 54.7 Å². The summed E-state index contributed by atoms with van der Waals surface area (Å²) in [5, 5.41) is 47.9. The van der Waals surface area contributed by atoms with Crippen molar-refractivity contribution in [2.75, 3.05) is 13.2 Å². The lowest BCUT2D eigenvalue weighted by molar-refractivity contribution is -0.250. The first-order valence-corrected chi connectivity index (χ1v) is 17.8. The van der Waals surface area contributed by atoms with Crippen LogP contribution < -0.4 is 0 Å². The summed E-state index contributed by atoms with van der Waals surface area (Å²) >= 11 is 5.46. The van der Waals surface area contributed by atoms with Crippen molar-refractivity contribution in [1.82, 2.24) is 0 Å². The third-order valence-corrected chi connectivity index (χ3v) is 13.0. The zero-order valence-corrected chi connectivity index (χ0v) is 29.7. The van der Waals surface area contributed by atoms with Crippen molar-refractivity contribution in [3.8, 4) is 0 Å². The molecule has 0 aromatic heterocycles. The summed E-state index contributed by atoms with van der Waals surface area (Å²) in [5.74, 6) is 0.125. The molecule has 8 nitrogen and oxygen atoms in total. The predicted molar refractivity (Wildman–Crippen MR) is 181 cm³/mol. The first-order valence-electron chi connectivity index (χ1n) is 17.3.